The maximum atomic E-state index is 14.4. The van der Waals surface area contributed by atoms with Crippen LogP contribution in [-0.2, 0) is 0 Å². The number of rotatable bonds is 2. The number of hydrogen-bond acceptors (Lipinski definition) is 4. The minimum absolute atomic E-state index is 0.0143. The number of nitrogen functional groups attached to an aromatic ring is 1. The highest BCUT2D eigenvalue weighted by Crippen LogP contribution is 2.39. The molecule has 116 valence electrons. The summed E-state index contributed by atoms with van der Waals surface area (Å²) in [5, 5.41) is 0.436. The summed E-state index contributed by atoms with van der Waals surface area (Å²) in [6.45, 7) is 0. The van der Waals surface area contributed by atoms with Crippen molar-refractivity contribution in [1.29, 1.82) is 0 Å². The SMILES string of the molecule is Nc1nc(=O)n(-c2cccc(Cl)c2F)c2nc(C3CC3)ccc12. The van der Waals surface area contributed by atoms with Gasteiger partial charge in [0.15, 0.2) is 11.5 Å². The summed E-state index contributed by atoms with van der Waals surface area (Å²) in [6, 6.07) is 8.10. The molecule has 0 amide bonds. The van der Waals surface area contributed by atoms with E-state index < -0.39 is 11.5 Å². The first-order chi connectivity index (χ1) is 11.1. The Labute approximate surface area is 135 Å². The Bertz CT molecular complexity index is 997. The molecular weight excluding hydrogens is 319 g/mol. The zero-order valence-electron chi connectivity index (χ0n) is 12.0. The summed E-state index contributed by atoms with van der Waals surface area (Å²) in [4.78, 5) is 20.7. The highest BCUT2D eigenvalue weighted by atomic mass is 35.5. The van der Waals surface area contributed by atoms with Crippen LogP contribution in [0.1, 0.15) is 24.5 Å². The van der Waals surface area contributed by atoms with E-state index in [1.54, 1.807) is 12.1 Å². The zero-order chi connectivity index (χ0) is 16.1. The molecule has 0 atom stereocenters. The lowest BCUT2D eigenvalue weighted by Crippen LogP contribution is -2.25. The maximum Gasteiger partial charge on any atom is 0.355 e. The average molecular weight is 331 g/mol. The van der Waals surface area contributed by atoms with Crippen LogP contribution in [0.3, 0.4) is 0 Å². The van der Waals surface area contributed by atoms with Crippen LogP contribution in [0.5, 0.6) is 0 Å². The first-order valence-corrected chi connectivity index (χ1v) is 7.57. The van der Waals surface area contributed by atoms with Crippen LogP contribution in [0.25, 0.3) is 16.7 Å². The van der Waals surface area contributed by atoms with Crippen molar-refractivity contribution in [2.75, 3.05) is 5.73 Å². The van der Waals surface area contributed by atoms with Crippen molar-refractivity contribution in [2.45, 2.75) is 18.8 Å². The van der Waals surface area contributed by atoms with Gasteiger partial charge in [-0.05, 0) is 37.1 Å². The van der Waals surface area contributed by atoms with E-state index >= 15 is 0 Å². The first-order valence-electron chi connectivity index (χ1n) is 7.20. The molecule has 0 unspecified atom stereocenters. The molecule has 7 heteroatoms. The molecule has 0 radical (unpaired) electrons. The topological polar surface area (TPSA) is 73.8 Å². The van der Waals surface area contributed by atoms with Crippen molar-refractivity contribution in [2.24, 2.45) is 0 Å². The lowest BCUT2D eigenvalue weighted by Gasteiger charge is -2.12. The van der Waals surface area contributed by atoms with Crippen molar-refractivity contribution >= 4 is 28.5 Å². The van der Waals surface area contributed by atoms with Crippen molar-refractivity contribution in [3.05, 3.63) is 57.3 Å². The molecule has 1 aliphatic rings. The molecule has 23 heavy (non-hydrogen) atoms. The predicted molar refractivity (Wildman–Crippen MR) is 86.5 cm³/mol. The second-order valence-corrected chi connectivity index (χ2v) is 5.98. The number of hydrogen-bond donors (Lipinski definition) is 1. The predicted octanol–water partition coefficient (Wildman–Crippen LogP) is 3.03. The molecule has 2 N–H and O–H groups in total. The molecule has 0 saturated heterocycles. The number of halogens is 2. The molecule has 3 aromatic rings. The smallest absolute Gasteiger partial charge is 0.355 e. The first kappa shape index (κ1) is 14.1. The number of anilines is 1. The molecular formula is C16H12ClFN4O. The molecule has 0 aliphatic heterocycles. The third kappa shape index (κ3) is 2.26. The van der Waals surface area contributed by atoms with Crippen LogP contribution < -0.4 is 11.4 Å². The molecule has 1 saturated carbocycles. The van der Waals surface area contributed by atoms with Crippen LogP contribution >= 0.6 is 11.6 Å². The van der Waals surface area contributed by atoms with E-state index in [1.807, 2.05) is 6.07 Å². The van der Waals surface area contributed by atoms with Gasteiger partial charge in [0.05, 0.1) is 16.1 Å². The van der Waals surface area contributed by atoms with Gasteiger partial charge in [0.1, 0.15) is 5.82 Å². The van der Waals surface area contributed by atoms with E-state index in [0.29, 0.717) is 17.0 Å². The lowest BCUT2D eigenvalue weighted by molar-refractivity contribution is 0.617. The molecule has 0 bridgehead atoms. The molecule has 1 aromatic carbocycles. The number of aromatic nitrogens is 3. The normalized spacial score (nSPS) is 14.3. The zero-order valence-corrected chi connectivity index (χ0v) is 12.7. The number of pyridine rings is 1. The van der Waals surface area contributed by atoms with Gasteiger partial charge in [-0.15, -0.1) is 0 Å². The van der Waals surface area contributed by atoms with Crippen LogP contribution in [0.15, 0.2) is 35.1 Å². The summed E-state index contributed by atoms with van der Waals surface area (Å²) >= 11 is 5.83. The summed E-state index contributed by atoms with van der Waals surface area (Å²) in [5.74, 6) is -0.220. The van der Waals surface area contributed by atoms with Gasteiger partial charge in [0, 0.05) is 11.6 Å². The Morgan fingerprint density at radius 2 is 2.00 bits per heavy atom. The van der Waals surface area contributed by atoms with Gasteiger partial charge in [0.25, 0.3) is 0 Å². The Kier molecular flexibility index (Phi) is 3.09. The Morgan fingerprint density at radius 1 is 1.22 bits per heavy atom. The van der Waals surface area contributed by atoms with Crippen molar-refractivity contribution in [3.63, 3.8) is 0 Å². The van der Waals surface area contributed by atoms with E-state index in [2.05, 4.69) is 9.97 Å². The van der Waals surface area contributed by atoms with Gasteiger partial charge < -0.3 is 5.73 Å². The number of fused-ring (bicyclic) bond motifs is 1. The number of benzene rings is 1. The van der Waals surface area contributed by atoms with E-state index in [0.717, 1.165) is 23.1 Å². The van der Waals surface area contributed by atoms with Crippen molar-refractivity contribution in [1.82, 2.24) is 14.5 Å². The van der Waals surface area contributed by atoms with E-state index in [1.165, 1.54) is 12.1 Å². The Balaban J connectivity index is 2.10. The van der Waals surface area contributed by atoms with Crippen LogP contribution in [0.4, 0.5) is 10.2 Å². The largest absolute Gasteiger partial charge is 0.383 e. The van der Waals surface area contributed by atoms with Crippen molar-refractivity contribution in [3.8, 4) is 5.69 Å². The molecule has 1 fully saturated rings. The second kappa shape index (κ2) is 5.03. The maximum absolute atomic E-state index is 14.4. The monoisotopic (exact) mass is 330 g/mol. The minimum Gasteiger partial charge on any atom is -0.383 e. The lowest BCUT2D eigenvalue weighted by atomic mass is 10.2. The van der Waals surface area contributed by atoms with Gasteiger partial charge >= 0.3 is 5.69 Å². The summed E-state index contributed by atoms with van der Waals surface area (Å²) in [6.07, 6.45) is 2.13. The van der Waals surface area contributed by atoms with Crippen molar-refractivity contribution < 1.29 is 4.39 Å². The fourth-order valence-corrected chi connectivity index (χ4v) is 2.80. The number of nitrogens with two attached hydrogens (primary N) is 1. The number of nitrogens with zero attached hydrogens (tertiary/aromatic N) is 3. The third-order valence-corrected chi connectivity index (χ3v) is 4.25. The fourth-order valence-electron chi connectivity index (χ4n) is 2.63. The summed E-state index contributed by atoms with van der Waals surface area (Å²) in [5.41, 5.74) is 6.33. The van der Waals surface area contributed by atoms with E-state index in [4.69, 9.17) is 17.3 Å². The summed E-state index contributed by atoms with van der Waals surface area (Å²) < 4.78 is 15.5. The second-order valence-electron chi connectivity index (χ2n) is 5.57. The molecule has 5 nitrogen and oxygen atoms in total. The third-order valence-electron chi connectivity index (χ3n) is 3.96. The van der Waals surface area contributed by atoms with Crippen LogP contribution in [0.2, 0.25) is 5.02 Å². The van der Waals surface area contributed by atoms with E-state index in [-0.39, 0.29) is 16.5 Å². The van der Waals surface area contributed by atoms with Crippen LogP contribution in [-0.4, -0.2) is 14.5 Å². The van der Waals surface area contributed by atoms with Gasteiger partial charge in [0.2, 0.25) is 0 Å². The quantitative estimate of drug-likeness (QED) is 0.783. The van der Waals surface area contributed by atoms with Crippen LogP contribution in [0, 0.1) is 5.82 Å². The van der Waals surface area contributed by atoms with E-state index in [9.17, 15) is 9.18 Å². The van der Waals surface area contributed by atoms with Gasteiger partial charge in [-0.3, -0.25) is 0 Å². The highest BCUT2D eigenvalue weighted by molar-refractivity contribution is 6.30. The fraction of sp³-hybridized carbons (Fsp3) is 0.188. The van der Waals surface area contributed by atoms with Gasteiger partial charge in [-0.2, -0.15) is 4.98 Å². The highest BCUT2D eigenvalue weighted by Gasteiger charge is 2.26. The molecule has 2 heterocycles. The molecule has 1 aliphatic carbocycles. The van der Waals surface area contributed by atoms with Gasteiger partial charge in [-0.25, -0.2) is 18.7 Å². The minimum atomic E-state index is -0.692. The van der Waals surface area contributed by atoms with Gasteiger partial charge in [-0.1, -0.05) is 17.7 Å². The Morgan fingerprint density at radius 3 is 2.74 bits per heavy atom. The average Bonchev–Trinajstić information content (AvgIpc) is 3.35. The molecule has 0 spiro atoms. The molecule has 4 rings (SSSR count). The summed E-state index contributed by atoms with van der Waals surface area (Å²) in [7, 11) is 0. The standard InChI is InChI=1S/C16H12ClFN4O/c17-10-2-1-3-12(13(10)18)22-15-9(14(19)21-16(22)23)6-7-11(20-15)8-4-5-8/h1-3,6-8H,4-5H2,(H2,19,21,23). The molecule has 2 aromatic heterocycles. The Hall–Kier alpha value is -2.47.